The van der Waals surface area contributed by atoms with E-state index < -0.39 is 0 Å². The number of rotatable bonds is 7. The highest BCUT2D eigenvalue weighted by Crippen LogP contribution is 2.36. The Balaban J connectivity index is 1.70. The van der Waals surface area contributed by atoms with Gasteiger partial charge in [0.05, 0.1) is 6.54 Å². The van der Waals surface area contributed by atoms with E-state index >= 15 is 0 Å². The number of para-hydroxylation sites is 1. The molecule has 0 saturated carbocycles. The molecule has 0 radical (unpaired) electrons. The van der Waals surface area contributed by atoms with Crippen molar-refractivity contribution in [2.75, 3.05) is 5.32 Å². The second-order valence-electron chi connectivity index (χ2n) is 6.94. The van der Waals surface area contributed by atoms with E-state index in [0.717, 1.165) is 28.1 Å². The molecule has 0 spiro atoms. The number of imide groups is 1. The summed E-state index contributed by atoms with van der Waals surface area (Å²) in [5, 5.41) is 3.27. The standard InChI is InChI=1S/C25H22N2O2S/c1-2-19-13-9-10-16-21(19)26-22-23(30-20-14-7-4-8-15-20)25(29)27(24(22)28)17-18-11-5-3-6-12-18/h3-16,26H,2,17H2,1H3. The van der Waals surface area contributed by atoms with E-state index in [0.29, 0.717) is 10.6 Å². The van der Waals surface area contributed by atoms with Gasteiger partial charge in [-0.05, 0) is 35.7 Å². The SMILES string of the molecule is CCc1ccccc1NC1=C(Sc2ccccc2)C(=O)N(Cc2ccccc2)C1=O. The summed E-state index contributed by atoms with van der Waals surface area (Å²) in [6.45, 7) is 2.32. The van der Waals surface area contributed by atoms with Crippen LogP contribution in [-0.2, 0) is 22.6 Å². The van der Waals surface area contributed by atoms with Gasteiger partial charge in [-0.1, -0.05) is 85.4 Å². The third-order valence-electron chi connectivity index (χ3n) is 4.93. The van der Waals surface area contributed by atoms with Gasteiger partial charge in [0.1, 0.15) is 10.6 Å². The van der Waals surface area contributed by atoms with Gasteiger partial charge in [0, 0.05) is 10.6 Å². The van der Waals surface area contributed by atoms with E-state index in [2.05, 4.69) is 12.2 Å². The van der Waals surface area contributed by atoms with E-state index in [4.69, 9.17) is 0 Å². The van der Waals surface area contributed by atoms with Crippen molar-refractivity contribution in [1.29, 1.82) is 0 Å². The summed E-state index contributed by atoms with van der Waals surface area (Å²) in [6.07, 6.45) is 0.827. The molecule has 0 aliphatic carbocycles. The molecule has 0 atom stereocenters. The van der Waals surface area contributed by atoms with Crippen molar-refractivity contribution < 1.29 is 9.59 Å². The maximum Gasteiger partial charge on any atom is 0.278 e. The second kappa shape index (κ2) is 9.01. The van der Waals surface area contributed by atoms with Gasteiger partial charge < -0.3 is 5.32 Å². The highest BCUT2D eigenvalue weighted by atomic mass is 32.2. The number of hydrogen-bond donors (Lipinski definition) is 1. The molecule has 1 aliphatic rings. The third-order valence-corrected chi connectivity index (χ3v) is 6.02. The molecule has 0 bridgehead atoms. The Hall–Kier alpha value is -3.31. The normalized spacial score (nSPS) is 13.8. The van der Waals surface area contributed by atoms with Crippen LogP contribution in [0.5, 0.6) is 0 Å². The Bertz CT molecular complexity index is 1090. The first-order valence-corrected chi connectivity index (χ1v) is 10.7. The fraction of sp³-hybridized carbons (Fsp3) is 0.120. The van der Waals surface area contributed by atoms with Gasteiger partial charge in [-0.25, -0.2) is 0 Å². The van der Waals surface area contributed by atoms with Crippen molar-refractivity contribution in [2.45, 2.75) is 24.8 Å². The fourth-order valence-electron chi connectivity index (χ4n) is 3.36. The van der Waals surface area contributed by atoms with Crippen molar-refractivity contribution in [3.63, 3.8) is 0 Å². The summed E-state index contributed by atoms with van der Waals surface area (Å²) in [6, 6.07) is 27.1. The first kappa shape index (κ1) is 20.0. The minimum absolute atomic E-state index is 0.248. The maximum atomic E-state index is 13.3. The Kier molecular flexibility index (Phi) is 6.00. The smallest absolute Gasteiger partial charge is 0.278 e. The molecule has 0 unspecified atom stereocenters. The maximum absolute atomic E-state index is 13.3. The minimum Gasteiger partial charge on any atom is -0.350 e. The molecule has 1 aliphatic heterocycles. The molecule has 3 aromatic rings. The average Bonchev–Trinajstić information content (AvgIpc) is 3.00. The van der Waals surface area contributed by atoms with E-state index in [1.165, 1.54) is 16.7 Å². The van der Waals surface area contributed by atoms with Gasteiger partial charge in [-0.2, -0.15) is 0 Å². The van der Waals surface area contributed by atoms with Crippen molar-refractivity contribution >= 4 is 29.3 Å². The van der Waals surface area contributed by atoms with Crippen LogP contribution in [0.2, 0.25) is 0 Å². The van der Waals surface area contributed by atoms with Crippen LogP contribution in [-0.4, -0.2) is 16.7 Å². The molecule has 4 rings (SSSR count). The lowest BCUT2D eigenvalue weighted by molar-refractivity contribution is -0.137. The molecule has 5 heteroatoms. The lowest BCUT2D eigenvalue weighted by Crippen LogP contribution is -2.32. The monoisotopic (exact) mass is 414 g/mol. The summed E-state index contributed by atoms with van der Waals surface area (Å²) >= 11 is 1.32. The molecule has 1 heterocycles. The summed E-state index contributed by atoms with van der Waals surface area (Å²) in [5.41, 5.74) is 3.20. The van der Waals surface area contributed by atoms with E-state index in [-0.39, 0.29) is 18.4 Å². The first-order valence-electron chi connectivity index (χ1n) is 9.89. The lowest BCUT2D eigenvalue weighted by atomic mass is 10.1. The molecule has 30 heavy (non-hydrogen) atoms. The van der Waals surface area contributed by atoms with Crippen LogP contribution in [0.4, 0.5) is 5.69 Å². The van der Waals surface area contributed by atoms with Crippen LogP contribution >= 0.6 is 11.8 Å². The number of carbonyl (C=O) groups excluding carboxylic acids is 2. The zero-order valence-corrected chi connectivity index (χ0v) is 17.5. The van der Waals surface area contributed by atoms with Crippen LogP contribution in [0.3, 0.4) is 0 Å². The second-order valence-corrected chi connectivity index (χ2v) is 8.02. The number of hydrogen-bond acceptors (Lipinski definition) is 4. The topological polar surface area (TPSA) is 49.4 Å². The third kappa shape index (κ3) is 4.16. The molecule has 0 fully saturated rings. The number of anilines is 1. The van der Waals surface area contributed by atoms with Crippen LogP contribution < -0.4 is 5.32 Å². The molecule has 0 aromatic heterocycles. The highest BCUT2D eigenvalue weighted by molar-refractivity contribution is 8.04. The van der Waals surface area contributed by atoms with Gasteiger partial charge >= 0.3 is 0 Å². The predicted molar refractivity (Wildman–Crippen MR) is 121 cm³/mol. The number of thioether (sulfide) groups is 1. The Morgan fingerprint density at radius 1 is 0.800 bits per heavy atom. The zero-order chi connectivity index (χ0) is 20.9. The van der Waals surface area contributed by atoms with Crippen LogP contribution in [0.1, 0.15) is 18.1 Å². The van der Waals surface area contributed by atoms with Gasteiger partial charge in [-0.3, -0.25) is 14.5 Å². The van der Waals surface area contributed by atoms with Crippen LogP contribution in [0, 0.1) is 0 Å². The van der Waals surface area contributed by atoms with Gasteiger partial charge in [-0.15, -0.1) is 0 Å². The zero-order valence-electron chi connectivity index (χ0n) is 16.7. The summed E-state index contributed by atoms with van der Waals surface area (Å²) in [7, 11) is 0. The minimum atomic E-state index is -0.298. The quantitative estimate of drug-likeness (QED) is 0.538. The Labute approximate surface area is 180 Å². The highest BCUT2D eigenvalue weighted by Gasteiger charge is 2.39. The van der Waals surface area contributed by atoms with E-state index in [9.17, 15) is 9.59 Å². The molecular formula is C25H22N2O2S. The number of benzene rings is 3. The summed E-state index contributed by atoms with van der Waals surface area (Å²) in [5.74, 6) is -0.567. The van der Waals surface area contributed by atoms with Crippen LogP contribution in [0.25, 0.3) is 0 Å². The number of nitrogens with zero attached hydrogens (tertiary/aromatic N) is 1. The van der Waals surface area contributed by atoms with E-state index in [1.54, 1.807) is 0 Å². The lowest BCUT2D eigenvalue weighted by Gasteiger charge is -2.16. The molecule has 1 N–H and O–H groups in total. The molecule has 3 aromatic carbocycles. The Morgan fingerprint density at radius 2 is 1.43 bits per heavy atom. The van der Waals surface area contributed by atoms with Crippen molar-refractivity contribution in [3.8, 4) is 0 Å². The van der Waals surface area contributed by atoms with Gasteiger partial charge in [0.15, 0.2) is 0 Å². The number of nitrogens with one attached hydrogen (secondary N) is 1. The van der Waals surface area contributed by atoms with Gasteiger partial charge in [0.2, 0.25) is 0 Å². The summed E-state index contributed by atoms with van der Waals surface area (Å²) < 4.78 is 0. The number of amides is 2. The molecular weight excluding hydrogens is 392 g/mol. The molecule has 2 amide bonds. The van der Waals surface area contributed by atoms with Crippen molar-refractivity contribution in [3.05, 3.63) is 107 Å². The Morgan fingerprint density at radius 3 is 2.13 bits per heavy atom. The molecule has 4 nitrogen and oxygen atoms in total. The molecule has 150 valence electrons. The number of carbonyl (C=O) groups is 2. The average molecular weight is 415 g/mol. The number of aryl methyl sites for hydroxylation is 1. The van der Waals surface area contributed by atoms with Crippen molar-refractivity contribution in [1.82, 2.24) is 4.90 Å². The van der Waals surface area contributed by atoms with E-state index in [1.807, 2.05) is 84.9 Å². The van der Waals surface area contributed by atoms with Crippen molar-refractivity contribution in [2.24, 2.45) is 0 Å². The first-order chi connectivity index (χ1) is 14.7. The molecule has 0 saturated heterocycles. The largest absolute Gasteiger partial charge is 0.350 e. The predicted octanol–water partition coefficient (Wildman–Crippen LogP) is 5.23. The van der Waals surface area contributed by atoms with Gasteiger partial charge in [0.25, 0.3) is 11.8 Å². The fourth-order valence-corrected chi connectivity index (χ4v) is 4.33. The summed E-state index contributed by atoms with van der Waals surface area (Å²) in [4.78, 5) is 29.2. The van der Waals surface area contributed by atoms with Crippen LogP contribution in [0.15, 0.2) is 100 Å².